The number of ether oxygens (including phenoxy) is 1. The Balaban J connectivity index is 2.14. The number of nitrogens with zero attached hydrogens (tertiary/aromatic N) is 2. The molecule has 0 aromatic carbocycles. The summed E-state index contributed by atoms with van der Waals surface area (Å²) < 4.78 is 7.94. The molecule has 2 heterocycles. The maximum Gasteiger partial charge on any atom is 0.0775 e. The van der Waals surface area contributed by atoms with Crippen molar-refractivity contribution in [3.8, 4) is 0 Å². The minimum atomic E-state index is 0.0992. The summed E-state index contributed by atoms with van der Waals surface area (Å²) >= 11 is 0. The predicted molar refractivity (Wildman–Crippen MR) is 72.5 cm³/mol. The molecule has 0 aliphatic carbocycles. The van der Waals surface area contributed by atoms with Gasteiger partial charge in [-0.3, -0.25) is 4.68 Å². The van der Waals surface area contributed by atoms with E-state index in [9.17, 15) is 0 Å². The summed E-state index contributed by atoms with van der Waals surface area (Å²) in [6, 6.07) is 0.0992. The fourth-order valence-corrected chi connectivity index (χ4v) is 2.84. The predicted octanol–water partition coefficient (Wildman–Crippen LogP) is 2.48. The molecule has 18 heavy (non-hydrogen) atoms. The summed E-state index contributed by atoms with van der Waals surface area (Å²) in [4.78, 5) is 0. The molecule has 0 radical (unpaired) electrons. The summed E-state index contributed by atoms with van der Waals surface area (Å²) in [5.74, 6) is 0. The van der Waals surface area contributed by atoms with Gasteiger partial charge in [-0.05, 0) is 40.0 Å². The van der Waals surface area contributed by atoms with E-state index in [-0.39, 0.29) is 6.04 Å². The smallest absolute Gasteiger partial charge is 0.0775 e. The lowest BCUT2D eigenvalue weighted by Gasteiger charge is -2.14. The van der Waals surface area contributed by atoms with Crippen molar-refractivity contribution >= 4 is 0 Å². The molecule has 2 rings (SSSR count). The first-order chi connectivity index (χ1) is 8.52. The number of rotatable bonds is 4. The molecule has 4 nitrogen and oxygen atoms in total. The first-order valence-electron chi connectivity index (χ1n) is 6.97. The van der Waals surface area contributed by atoms with Crippen LogP contribution in [0.5, 0.6) is 0 Å². The zero-order valence-corrected chi connectivity index (χ0v) is 11.9. The van der Waals surface area contributed by atoms with E-state index < -0.39 is 0 Å². The monoisotopic (exact) mass is 251 g/mol. The largest absolute Gasteiger partial charge is 0.373 e. The van der Waals surface area contributed by atoms with E-state index in [4.69, 9.17) is 10.5 Å². The van der Waals surface area contributed by atoms with Crippen LogP contribution in [0.2, 0.25) is 0 Å². The van der Waals surface area contributed by atoms with Gasteiger partial charge >= 0.3 is 0 Å². The average Bonchev–Trinajstić information content (AvgIpc) is 2.84. The van der Waals surface area contributed by atoms with Gasteiger partial charge in [0.15, 0.2) is 0 Å². The van der Waals surface area contributed by atoms with Crippen LogP contribution >= 0.6 is 0 Å². The number of aromatic nitrogens is 2. The Bertz CT molecular complexity index is 413. The minimum Gasteiger partial charge on any atom is -0.373 e. The van der Waals surface area contributed by atoms with E-state index in [2.05, 4.69) is 30.6 Å². The Kier molecular flexibility index (Phi) is 4.07. The van der Waals surface area contributed by atoms with Gasteiger partial charge in [0.2, 0.25) is 0 Å². The molecular weight excluding hydrogens is 226 g/mol. The molecule has 1 aliphatic heterocycles. The van der Waals surface area contributed by atoms with Crippen molar-refractivity contribution in [3.05, 3.63) is 17.0 Å². The lowest BCUT2D eigenvalue weighted by Crippen LogP contribution is -2.19. The summed E-state index contributed by atoms with van der Waals surface area (Å²) in [5, 5.41) is 4.62. The van der Waals surface area contributed by atoms with Gasteiger partial charge in [-0.15, -0.1) is 0 Å². The molecule has 1 aromatic rings. The van der Waals surface area contributed by atoms with Crippen molar-refractivity contribution in [2.24, 2.45) is 5.73 Å². The Hall–Kier alpha value is -0.870. The maximum atomic E-state index is 6.15. The van der Waals surface area contributed by atoms with Crippen LogP contribution in [0.3, 0.4) is 0 Å². The third kappa shape index (κ3) is 2.59. The second-order valence-electron chi connectivity index (χ2n) is 5.43. The molecule has 0 bridgehead atoms. The average molecular weight is 251 g/mol. The quantitative estimate of drug-likeness (QED) is 0.894. The number of hydrogen-bond donors (Lipinski definition) is 1. The summed E-state index contributed by atoms with van der Waals surface area (Å²) in [6.07, 6.45) is 3.94. The van der Waals surface area contributed by atoms with Crippen LogP contribution in [0, 0.1) is 13.8 Å². The molecule has 0 saturated carbocycles. The van der Waals surface area contributed by atoms with E-state index >= 15 is 0 Å². The van der Waals surface area contributed by atoms with E-state index in [1.165, 1.54) is 11.3 Å². The van der Waals surface area contributed by atoms with Crippen LogP contribution in [0.1, 0.15) is 56.1 Å². The molecule has 0 spiro atoms. The Labute approximate surface area is 110 Å². The van der Waals surface area contributed by atoms with Crippen molar-refractivity contribution in [1.29, 1.82) is 0 Å². The van der Waals surface area contributed by atoms with Gasteiger partial charge in [-0.1, -0.05) is 6.92 Å². The van der Waals surface area contributed by atoms with Crippen LogP contribution in [-0.4, -0.2) is 22.0 Å². The second kappa shape index (κ2) is 5.41. The highest BCUT2D eigenvalue weighted by Crippen LogP contribution is 2.25. The summed E-state index contributed by atoms with van der Waals surface area (Å²) in [7, 11) is 0. The molecule has 4 heteroatoms. The second-order valence-corrected chi connectivity index (χ2v) is 5.43. The Morgan fingerprint density at radius 1 is 1.44 bits per heavy atom. The highest BCUT2D eigenvalue weighted by Gasteiger charge is 2.24. The molecule has 2 N–H and O–H groups in total. The van der Waals surface area contributed by atoms with Crippen LogP contribution in [0.25, 0.3) is 0 Å². The Morgan fingerprint density at radius 2 is 2.17 bits per heavy atom. The fourth-order valence-electron chi connectivity index (χ4n) is 2.84. The van der Waals surface area contributed by atoms with Crippen molar-refractivity contribution < 1.29 is 4.74 Å². The first kappa shape index (κ1) is 13.6. The van der Waals surface area contributed by atoms with Crippen LogP contribution in [0.4, 0.5) is 0 Å². The minimum absolute atomic E-state index is 0.0992. The molecule has 3 unspecified atom stereocenters. The summed E-state index contributed by atoms with van der Waals surface area (Å²) in [6.45, 7) is 9.27. The summed E-state index contributed by atoms with van der Waals surface area (Å²) in [5.41, 5.74) is 9.63. The zero-order valence-electron chi connectivity index (χ0n) is 11.9. The lowest BCUT2D eigenvalue weighted by atomic mass is 10.0. The van der Waals surface area contributed by atoms with Crippen molar-refractivity contribution in [1.82, 2.24) is 9.78 Å². The third-order valence-corrected chi connectivity index (χ3v) is 3.94. The van der Waals surface area contributed by atoms with Crippen LogP contribution < -0.4 is 5.73 Å². The normalized spacial score (nSPS) is 25.6. The fraction of sp³-hybridized carbons (Fsp3) is 0.786. The van der Waals surface area contributed by atoms with Crippen molar-refractivity contribution in [3.63, 3.8) is 0 Å². The highest BCUT2D eigenvalue weighted by molar-refractivity contribution is 5.27. The maximum absolute atomic E-state index is 6.15. The van der Waals surface area contributed by atoms with Crippen LogP contribution in [-0.2, 0) is 11.3 Å². The van der Waals surface area contributed by atoms with E-state index in [1.54, 1.807) is 0 Å². The SMILES string of the molecule is CCC(N)c1c(C)nn(CC2CCC(C)O2)c1C. The molecule has 1 aromatic heterocycles. The Morgan fingerprint density at radius 3 is 2.72 bits per heavy atom. The van der Waals surface area contributed by atoms with E-state index in [1.807, 2.05) is 6.92 Å². The molecule has 1 saturated heterocycles. The van der Waals surface area contributed by atoms with Gasteiger partial charge < -0.3 is 10.5 Å². The lowest BCUT2D eigenvalue weighted by molar-refractivity contribution is 0.0433. The van der Waals surface area contributed by atoms with Gasteiger partial charge in [-0.2, -0.15) is 5.10 Å². The molecular formula is C14H25N3O. The van der Waals surface area contributed by atoms with Gasteiger partial charge in [0.1, 0.15) is 0 Å². The third-order valence-electron chi connectivity index (χ3n) is 3.94. The van der Waals surface area contributed by atoms with Crippen molar-refractivity contribution in [2.75, 3.05) is 0 Å². The standard InChI is InChI=1S/C14H25N3O/c1-5-13(15)14-10(3)16-17(11(14)4)8-12-7-6-9(2)18-12/h9,12-13H,5-8,15H2,1-4H3. The molecule has 1 aliphatic rings. The number of hydrogen-bond acceptors (Lipinski definition) is 3. The van der Waals surface area contributed by atoms with Crippen LogP contribution in [0.15, 0.2) is 0 Å². The highest BCUT2D eigenvalue weighted by atomic mass is 16.5. The molecule has 1 fully saturated rings. The molecule has 3 atom stereocenters. The van der Waals surface area contributed by atoms with Gasteiger partial charge in [0.05, 0.1) is 24.4 Å². The molecule has 0 amide bonds. The first-order valence-corrected chi connectivity index (χ1v) is 6.97. The van der Waals surface area contributed by atoms with E-state index in [0.29, 0.717) is 12.2 Å². The number of aryl methyl sites for hydroxylation is 1. The number of nitrogens with two attached hydrogens (primary N) is 1. The van der Waals surface area contributed by atoms with Gasteiger partial charge in [0.25, 0.3) is 0 Å². The molecule has 102 valence electrons. The van der Waals surface area contributed by atoms with Gasteiger partial charge in [0, 0.05) is 17.3 Å². The zero-order chi connectivity index (χ0) is 13.3. The van der Waals surface area contributed by atoms with Crippen molar-refractivity contribution in [2.45, 2.75) is 71.8 Å². The topological polar surface area (TPSA) is 53.1 Å². The van der Waals surface area contributed by atoms with Gasteiger partial charge in [-0.25, -0.2) is 0 Å². The van der Waals surface area contributed by atoms with E-state index in [0.717, 1.165) is 31.5 Å².